The van der Waals surface area contributed by atoms with Crippen LogP contribution in [-0.4, -0.2) is 27.3 Å². The Bertz CT molecular complexity index is 2020. The van der Waals surface area contributed by atoms with Gasteiger partial charge in [0, 0.05) is 16.5 Å². The third-order valence-corrected chi connectivity index (χ3v) is 7.32. The van der Waals surface area contributed by atoms with Gasteiger partial charge in [0.25, 0.3) is 5.91 Å². The molecule has 0 fully saturated rings. The van der Waals surface area contributed by atoms with E-state index in [9.17, 15) is 14.7 Å². The zero-order valence-electron chi connectivity index (χ0n) is 21.8. The molecule has 1 aromatic heterocycles. The molecule has 6 heteroatoms. The van der Waals surface area contributed by atoms with Crippen LogP contribution in [0.3, 0.4) is 0 Å². The Morgan fingerprint density at radius 2 is 1.29 bits per heavy atom. The Morgan fingerprint density at radius 1 is 0.659 bits per heavy atom. The van der Waals surface area contributed by atoms with E-state index in [0.29, 0.717) is 11.3 Å². The first-order chi connectivity index (χ1) is 20.1. The van der Waals surface area contributed by atoms with E-state index in [2.05, 4.69) is 58.2 Å². The second kappa shape index (κ2) is 9.77. The second-order valence-corrected chi connectivity index (χ2v) is 9.81. The predicted molar refractivity (Wildman–Crippen MR) is 163 cm³/mol. The molecule has 5 aromatic carbocycles. The van der Waals surface area contributed by atoms with Gasteiger partial charge >= 0.3 is 5.97 Å². The standard InChI is InChI=1S/C35H23N3O3/c39-34-30(33(35(40)41)36-38(34)27-11-5-2-6-12-27)22-23-15-20-32-29(21-23)28-13-7-8-14-31(28)37(32)26-18-16-25(17-19-26)24-9-3-1-4-10-24/h1-22H,(H,40,41)/b30-22-. The van der Waals surface area contributed by atoms with E-state index < -0.39 is 11.9 Å². The van der Waals surface area contributed by atoms with Gasteiger partial charge in [0.2, 0.25) is 0 Å². The highest BCUT2D eigenvalue weighted by atomic mass is 16.4. The number of fused-ring (bicyclic) bond motifs is 3. The van der Waals surface area contributed by atoms with Gasteiger partial charge in [-0.15, -0.1) is 0 Å². The first kappa shape index (κ1) is 24.3. The number of aromatic nitrogens is 1. The molecule has 0 spiro atoms. The highest BCUT2D eigenvalue weighted by Crippen LogP contribution is 2.34. The lowest BCUT2D eigenvalue weighted by Gasteiger charge is -2.11. The average Bonchev–Trinajstić information content (AvgIpc) is 3.52. The van der Waals surface area contributed by atoms with Crippen molar-refractivity contribution in [3.63, 3.8) is 0 Å². The van der Waals surface area contributed by atoms with Crippen molar-refractivity contribution in [2.24, 2.45) is 5.10 Å². The molecule has 7 rings (SSSR count). The average molecular weight is 534 g/mol. The van der Waals surface area contributed by atoms with E-state index in [1.54, 1.807) is 30.3 Å². The predicted octanol–water partition coefficient (Wildman–Crippen LogP) is 7.32. The minimum atomic E-state index is -1.25. The van der Waals surface area contributed by atoms with Crippen LogP contribution < -0.4 is 5.01 Å². The van der Waals surface area contributed by atoms with Gasteiger partial charge in [-0.1, -0.05) is 84.9 Å². The number of amides is 1. The molecule has 1 aliphatic rings. The minimum absolute atomic E-state index is 0.0425. The molecule has 41 heavy (non-hydrogen) atoms. The molecular weight excluding hydrogens is 510 g/mol. The summed E-state index contributed by atoms with van der Waals surface area (Å²) in [6, 6.07) is 41.7. The van der Waals surface area contributed by atoms with Crippen molar-refractivity contribution in [3.8, 4) is 16.8 Å². The summed E-state index contributed by atoms with van der Waals surface area (Å²) in [5.74, 6) is -1.73. The van der Waals surface area contributed by atoms with Gasteiger partial charge in [0.15, 0.2) is 5.71 Å². The van der Waals surface area contributed by atoms with E-state index in [1.165, 1.54) is 0 Å². The minimum Gasteiger partial charge on any atom is -0.476 e. The van der Waals surface area contributed by atoms with Crippen molar-refractivity contribution in [2.45, 2.75) is 0 Å². The maximum absolute atomic E-state index is 13.3. The molecule has 1 N–H and O–H groups in total. The number of rotatable bonds is 5. The van der Waals surface area contributed by atoms with Crippen LogP contribution in [0.2, 0.25) is 0 Å². The van der Waals surface area contributed by atoms with Crippen molar-refractivity contribution in [3.05, 3.63) is 139 Å². The first-order valence-corrected chi connectivity index (χ1v) is 13.2. The molecular formula is C35H23N3O3. The number of carboxylic acid groups (broad SMARTS) is 1. The van der Waals surface area contributed by atoms with Crippen LogP contribution in [-0.2, 0) is 9.59 Å². The number of carboxylic acids is 1. The van der Waals surface area contributed by atoms with Crippen molar-refractivity contribution in [1.82, 2.24) is 4.57 Å². The van der Waals surface area contributed by atoms with Crippen molar-refractivity contribution < 1.29 is 14.7 Å². The monoisotopic (exact) mass is 533 g/mol. The van der Waals surface area contributed by atoms with Crippen molar-refractivity contribution in [1.29, 1.82) is 0 Å². The maximum Gasteiger partial charge on any atom is 0.357 e. The number of hydrazone groups is 1. The van der Waals surface area contributed by atoms with E-state index in [0.717, 1.165) is 43.6 Å². The number of hydrogen-bond acceptors (Lipinski definition) is 3. The number of anilines is 1. The van der Waals surface area contributed by atoms with Crippen LogP contribution in [0.1, 0.15) is 5.56 Å². The SMILES string of the molecule is O=C(O)C1=NN(c2ccccc2)C(=O)/C1=C\c1ccc2c(c1)c1ccccc1n2-c1ccc(-c2ccccc2)cc1. The Balaban J connectivity index is 1.32. The number of para-hydroxylation sites is 2. The van der Waals surface area contributed by atoms with Gasteiger partial charge in [-0.25, -0.2) is 4.79 Å². The number of carbonyl (C=O) groups excluding carboxylic acids is 1. The van der Waals surface area contributed by atoms with E-state index in [1.807, 2.05) is 54.6 Å². The Hall–Kier alpha value is -5.75. The van der Waals surface area contributed by atoms with Crippen LogP contribution in [0, 0.1) is 0 Å². The first-order valence-electron chi connectivity index (χ1n) is 13.2. The van der Waals surface area contributed by atoms with Gasteiger partial charge in [0.1, 0.15) is 0 Å². The molecule has 1 aliphatic heterocycles. The summed E-state index contributed by atoms with van der Waals surface area (Å²) < 4.78 is 2.22. The fourth-order valence-electron chi connectivity index (χ4n) is 5.41. The van der Waals surface area contributed by atoms with Gasteiger partial charge in [-0.2, -0.15) is 10.1 Å². The summed E-state index contributed by atoms with van der Waals surface area (Å²) >= 11 is 0. The number of carbonyl (C=O) groups is 2. The van der Waals surface area contributed by atoms with Gasteiger partial charge in [0.05, 0.1) is 22.3 Å². The highest BCUT2D eigenvalue weighted by molar-refractivity contribution is 6.53. The maximum atomic E-state index is 13.3. The third kappa shape index (κ3) is 4.19. The lowest BCUT2D eigenvalue weighted by Crippen LogP contribution is -2.22. The van der Waals surface area contributed by atoms with Gasteiger partial charge < -0.3 is 9.67 Å². The van der Waals surface area contributed by atoms with Crippen LogP contribution in [0.4, 0.5) is 5.69 Å². The normalized spacial score (nSPS) is 14.2. The molecule has 0 aliphatic carbocycles. The number of hydrogen-bond donors (Lipinski definition) is 1. The molecule has 196 valence electrons. The van der Waals surface area contributed by atoms with Crippen LogP contribution in [0.15, 0.2) is 138 Å². The van der Waals surface area contributed by atoms with E-state index in [4.69, 9.17) is 0 Å². The third-order valence-electron chi connectivity index (χ3n) is 7.32. The topological polar surface area (TPSA) is 74.9 Å². The second-order valence-electron chi connectivity index (χ2n) is 9.81. The Labute approximate surface area is 235 Å². The van der Waals surface area contributed by atoms with E-state index >= 15 is 0 Å². The lowest BCUT2D eigenvalue weighted by atomic mass is 10.0. The van der Waals surface area contributed by atoms with Gasteiger partial charge in [-0.3, -0.25) is 4.79 Å². The molecule has 0 saturated heterocycles. The van der Waals surface area contributed by atoms with Crippen LogP contribution >= 0.6 is 0 Å². The summed E-state index contributed by atoms with van der Waals surface area (Å²) in [7, 11) is 0. The molecule has 0 unspecified atom stereocenters. The largest absolute Gasteiger partial charge is 0.476 e. The fourth-order valence-corrected chi connectivity index (χ4v) is 5.41. The van der Waals surface area contributed by atoms with Crippen molar-refractivity contribution >= 4 is 51.2 Å². The van der Waals surface area contributed by atoms with Crippen molar-refractivity contribution in [2.75, 3.05) is 5.01 Å². The molecule has 2 heterocycles. The molecule has 0 saturated carbocycles. The molecule has 1 amide bonds. The lowest BCUT2D eigenvalue weighted by molar-refractivity contribution is -0.129. The quantitative estimate of drug-likeness (QED) is 0.236. The summed E-state index contributed by atoms with van der Waals surface area (Å²) in [5, 5.41) is 17.2. The summed E-state index contributed by atoms with van der Waals surface area (Å²) in [6.07, 6.45) is 1.61. The molecule has 0 atom stereocenters. The zero-order valence-corrected chi connectivity index (χ0v) is 21.8. The Morgan fingerprint density at radius 3 is 2.02 bits per heavy atom. The summed E-state index contributed by atoms with van der Waals surface area (Å²) in [4.78, 5) is 25.3. The molecule has 0 radical (unpaired) electrons. The summed E-state index contributed by atoms with van der Waals surface area (Å²) in [6.45, 7) is 0. The van der Waals surface area contributed by atoms with Crippen LogP contribution in [0.25, 0.3) is 44.7 Å². The van der Waals surface area contributed by atoms with Crippen LogP contribution in [0.5, 0.6) is 0 Å². The smallest absolute Gasteiger partial charge is 0.357 e. The van der Waals surface area contributed by atoms with E-state index in [-0.39, 0.29) is 11.3 Å². The molecule has 6 nitrogen and oxygen atoms in total. The fraction of sp³-hybridized carbons (Fsp3) is 0. The van der Waals surface area contributed by atoms with Gasteiger partial charge in [-0.05, 0) is 65.2 Å². The molecule has 0 bridgehead atoms. The number of benzene rings is 5. The highest BCUT2D eigenvalue weighted by Gasteiger charge is 2.35. The number of aliphatic carboxylic acids is 1. The zero-order chi connectivity index (χ0) is 27.9. The molecule has 6 aromatic rings. The number of nitrogens with zero attached hydrogens (tertiary/aromatic N) is 3. The summed E-state index contributed by atoms with van der Waals surface area (Å²) in [5.41, 5.74) is 6.40. The Kier molecular flexibility index (Phi) is 5.79.